The van der Waals surface area contributed by atoms with Crippen LogP contribution in [0.15, 0.2) is 47.4 Å². The molecule has 1 fully saturated rings. The lowest BCUT2D eigenvalue weighted by Gasteiger charge is -2.21. The Morgan fingerprint density at radius 3 is 2.93 bits per heavy atom. The Kier molecular flexibility index (Phi) is 3.85. The molecule has 4 aromatic rings. The maximum Gasteiger partial charge on any atom is 0.258 e. The fourth-order valence-electron chi connectivity index (χ4n) is 3.67. The lowest BCUT2D eigenvalue weighted by molar-refractivity contribution is 0.0711. The molecule has 1 amide bonds. The van der Waals surface area contributed by atoms with Gasteiger partial charge in [0.1, 0.15) is 11.6 Å². The van der Waals surface area contributed by atoms with Crippen LogP contribution in [0.25, 0.3) is 16.9 Å². The van der Waals surface area contributed by atoms with Gasteiger partial charge in [0.15, 0.2) is 0 Å². The van der Waals surface area contributed by atoms with Gasteiger partial charge in [0.05, 0.1) is 11.3 Å². The lowest BCUT2D eigenvalue weighted by atomic mass is 10.1. The van der Waals surface area contributed by atoms with Crippen molar-refractivity contribution in [1.82, 2.24) is 34.9 Å². The molecule has 0 unspecified atom stereocenters. The molecule has 0 saturated carbocycles. The van der Waals surface area contributed by atoms with Gasteiger partial charge in [-0.2, -0.15) is 19.8 Å². The second kappa shape index (κ2) is 6.52. The maximum atomic E-state index is 13.4. The van der Waals surface area contributed by atoms with Gasteiger partial charge in [-0.1, -0.05) is 5.16 Å². The van der Waals surface area contributed by atoms with Crippen molar-refractivity contribution in [1.29, 1.82) is 0 Å². The zero-order chi connectivity index (χ0) is 19.1. The Morgan fingerprint density at radius 2 is 2.07 bits per heavy atom. The van der Waals surface area contributed by atoms with Gasteiger partial charge in [0.2, 0.25) is 11.7 Å². The maximum absolute atomic E-state index is 13.4. The number of nitrogens with zero attached hydrogens (tertiary/aromatic N) is 7. The highest BCUT2D eigenvalue weighted by molar-refractivity contribution is 6.02. The third kappa shape index (κ3) is 2.63. The van der Waals surface area contributed by atoms with E-state index in [1.165, 1.54) is 4.63 Å². The standard InChI is InChI=1S/C19H17N7O2/c1-12-16(14-4-2-8-21-26(14)23-12)19(27)25-11-3-5-15(25)18-22-17(24-28-18)13-6-9-20-10-7-13/h2,4,6-10,15H,3,5,11H2,1H3/t15-/m0/s1. The summed E-state index contributed by atoms with van der Waals surface area (Å²) in [5.74, 6) is 0.852. The van der Waals surface area contributed by atoms with E-state index in [0.29, 0.717) is 35.0 Å². The molecule has 9 heteroatoms. The monoisotopic (exact) mass is 375 g/mol. The van der Waals surface area contributed by atoms with Crippen LogP contribution in [0.1, 0.15) is 40.8 Å². The second-order valence-electron chi connectivity index (χ2n) is 6.71. The first kappa shape index (κ1) is 16.5. The number of hydrogen-bond donors (Lipinski definition) is 0. The first-order valence-corrected chi connectivity index (χ1v) is 9.08. The normalized spacial score (nSPS) is 16.8. The van der Waals surface area contributed by atoms with Gasteiger partial charge in [-0.15, -0.1) is 0 Å². The molecule has 0 bridgehead atoms. The summed E-state index contributed by atoms with van der Waals surface area (Å²) in [5, 5.41) is 12.6. The van der Waals surface area contributed by atoms with Crippen LogP contribution in [-0.4, -0.2) is 47.3 Å². The third-order valence-corrected chi connectivity index (χ3v) is 4.99. The molecule has 4 aromatic heterocycles. The van der Waals surface area contributed by atoms with Crippen LogP contribution in [0.2, 0.25) is 0 Å². The molecular weight excluding hydrogens is 358 g/mol. The van der Waals surface area contributed by atoms with Gasteiger partial charge in [-0.3, -0.25) is 9.78 Å². The molecule has 1 aliphatic rings. The molecule has 5 rings (SSSR count). The van der Waals surface area contributed by atoms with Crippen molar-refractivity contribution in [3.8, 4) is 11.4 Å². The molecule has 0 radical (unpaired) electrons. The summed E-state index contributed by atoms with van der Waals surface area (Å²) in [7, 11) is 0. The summed E-state index contributed by atoms with van der Waals surface area (Å²) in [4.78, 5) is 23.7. The van der Waals surface area contributed by atoms with Crippen LogP contribution in [0.4, 0.5) is 0 Å². The van der Waals surface area contributed by atoms with Crippen LogP contribution in [0, 0.1) is 6.92 Å². The van der Waals surface area contributed by atoms with Crippen molar-refractivity contribution in [2.45, 2.75) is 25.8 Å². The number of pyridine rings is 1. The molecule has 5 heterocycles. The second-order valence-corrected chi connectivity index (χ2v) is 6.71. The molecule has 0 aliphatic carbocycles. The van der Waals surface area contributed by atoms with Gasteiger partial charge < -0.3 is 9.42 Å². The highest BCUT2D eigenvalue weighted by Crippen LogP contribution is 2.34. The minimum atomic E-state index is -0.249. The molecule has 0 spiro atoms. The Bertz CT molecular complexity index is 1150. The van der Waals surface area contributed by atoms with Gasteiger partial charge in [0, 0.05) is 30.7 Å². The van der Waals surface area contributed by atoms with Crippen molar-refractivity contribution < 1.29 is 9.32 Å². The van der Waals surface area contributed by atoms with Gasteiger partial charge in [-0.25, -0.2) is 0 Å². The van der Waals surface area contributed by atoms with Gasteiger partial charge >= 0.3 is 0 Å². The first-order chi connectivity index (χ1) is 13.7. The van der Waals surface area contributed by atoms with Crippen molar-refractivity contribution in [3.05, 3.63) is 60.0 Å². The topological polar surface area (TPSA) is 102 Å². The SMILES string of the molecule is Cc1nn2ncccc2c1C(=O)N1CCC[C@H]1c1nc(-c2ccncc2)no1. The molecule has 1 atom stereocenters. The number of carbonyl (C=O) groups excluding carboxylic acids is 1. The number of fused-ring (bicyclic) bond motifs is 1. The molecule has 1 aliphatic heterocycles. The van der Waals surface area contributed by atoms with E-state index in [2.05, 4.69) is 25.3 Å². The Hall–Kier alpha value is -3.62. The minimum absolute atomic E-state index is 0.0911. The summed E-state index contributed by atoms with van der Waals surface area (Å²) in [5.41, 5.74) is 2.73. The zero-order valence-electron chi connectivity index (χ0n) is 15.2. The number of rotatable bonds is 3. The third-order valence-electron chi connectivity index (χ3n) is 4.99. The molecule has 0 N–H and O–H groups in total. The van der Waals surface area contributed by atoms with Gasteiger partial charge in [0.25, 0.3) is 5.91 Å². The predicted molar refractivity (Wildman–Crippen MR) is 98.3 cm³/mol. The van der Waals surface area contributed by atoms with E-state index >= 15 is 0 Å². The number of aryl methyl sites for hydroxylation is 1. The minimum Gasteiger partial charge on any atom is -0.337 e. The van der Waals surface area contributed by atoms with Gasteiger partial charge in [-0.05, 0) is 44.0 Å². The van der Waals surface area contributed by atoms with Crippen molar-refractivity contribution in [3.63, 3.8) is 0 Å². The first-order valence-electron chi connectivity index (χ1n) is 9.08. The average molecular weight is 375 g/mol. The van der Waals surface area contributed by atoms with E-state index in [1.54, 1.807) is 29.6 Å². The van der Waals surface area contributed by atoms with E-state index in [-0.39, 0.29) is 11.9 Å². The smallest absolute Gasteiger partial charge is 0.258 e. The summed E-state index contributed by atoms with van der Waals surface area (Å²) in [6, 6.07) is 7.04. The number of amides is 1. The fourth-order valence-corrected chi connectivity index (χ4v) is 3.67. The number of aromatic nitrogens is 6. The fraction of sp³-hybridized carbons (Fsp3) is 0.263. The highest BCUT2D eigenvalue weighted by atomic mass is 16.5. The van der Waals surface area contributed by atoms with Crippen LogP contribution < -0.4 is 0 Å². The Balaban J connectivity index is 1.48. The molecule has 0 aromatic carbocycles. The number of likely N-dealkylation sites (tertiary alicyclic amines) is 1. The molecular formula is C19H17N7O2. The quantitative estimate of drug-likeness (QED) is 0.542. The van der Waals surface area contributed by atoms with Crippen molar-refractivity contribution >= 4 is 11.4 Å². The molecule has 140 valence electrons. The summed E-state index contributed by atoms with van der Waals surface area (Å²) >= 11 is 0. The number of carbonyl (C=O) groups is 1. The van der Waals surface area contributed by atoms with E-state index in [0.717, 1.165) is 18.4 Å². The van der Waals surface area contributed by atoms with Crippen LogP contribution in [0.5, 0.6) is 0 Å². The van der Waals surface area contributed by atoms with E-state index in [9.17, 15) is 4.79 Å². The lowest BCUT2D eigenvalue weighted by Crippen LogP contribution is -2.31. The zero-order valence-corrected chi connectivity index (χ0v) is 15.2. The van der Waals surface area contributed by atoms with Crippen LogP contribution >= 0.6 is 0 Å². The Labute approximate surface area is 160 Å². The summed E-state index contributed by atoms with van der Waals surface area (Å²) < 4.78 is 7.00. The van der Waals surface area contributed by atoms with Crippen LogP contribution in [-0.2, 0) is 0 Å². The average Bonchev–Trinajstić information content (AvgIpc) is 3.45. The Morgan fingerprint density at radius 1 is 1.21 bits per heavy atom. The molecule has 1 saturated heterocycles. The summed E-state index contributed by atoms with van der Waals surface area (Å²) in [6.45, 7) is 2.45. The highest BCUT2D eigenvalue weighted by Gasteiger charge is 2.36. The van der Waals surface area contributed by atoms with E-state index in [1.807, 2.05) is 25.1 Å². The number of hydrogen-bond acceptors (Lipinski definition) is 7. The van der Waals surface area contributed by atoms with E-state index < -0.39 is 0 Å². The van der Waals surface area contributed by atoms with Crippen LogP contribution in [0.3, 0.4) is 0 Å². The summed E-state index contributed by atoms with van der Waals surface area (Å²) in [6.07, 6.45) is 6.66. The predicted octanol–water partition coefficient (Wildman–Crippen LogP) is 2.46. The van der Waals surface area contributed by atoms with E-state index in [4.69, 9.17) is 4.52 Å². The molecule has 9 nitrogen and oxygen atoms in total. The largest absolute Gasteiger partial charge is 0.337 e. The van der Waals surface area contributed by atoms with Crippen molar-refractivity contribution in [2.24, 2.45) is 0 Å². The molecule has 28 heavy (non-hydrogen) atoms. The van der Waals surface area contributed by atoms with Crippen molar-refractivity contribution in [2.75, 3.05) is 6.54 Å².